The van der Waals surface area contributed by atoms with Gasteiger partial charge < -0.3 is 5.32 Å². The standard InChI is InChI=1S/C16H17N3/c1-2-16(7-8-16)11-18-15-9-12(10-17)13-5-3-4-6-14(13)19-15/h3-6,9H,2,7-8,11H2,1H3,(H,18,19). The molecule has 0 bridgehead atoms. The number of pyridine rings is 1. The Bertz CT molecular complexity index is 651. The van der Waals surface area contributed by atoms with Crippen LogP contribution in [-0.4, -0.2) is 11.5 Å². The fourth-order valence-electron chi connectivity index (χ4n) is 2.47. The second kappa shape index (κ2) is 4.55. The van der Waals surface area contributed by atoms with E-state index in [-0.39, 0.29) is 0 Å². The maximum absolute atomic E-state index is 9.24. The van der Waals surface area contributed by atoms with Gasteiger partial charge in [-0.2, -0.15) is 5.26 Å². The number of anilines is 1. The van der Waals surface area contributed by atoms with Crippen LogP contribution in [0.25, 0.3) is 10.9 Å². The molecule has 0 amide bonds. The van der Waals surface area contributed by atoms with Crippen LogP contribution in [0.5, 0.6) is 0 Å². The molecule has 1 aliphatic carbocycles. The Morgan fingerprint density at radius 2 is 2.16 bits per heavy atom. The maximum atomic E-state index is 9.24. The number of benzene rings is 1. The van der Waals surface area contributed by atoms with Gasteiger partial charge in [-0.1, -0.05) is 25.1 Å². The van der Waals surface area contributed by atoms with Gasteiger partial charge in [0.15, 0.2) is 0 Å². The molecule has 3 rings (SSSR count). The smallest absolute Gasteiger partial charge is 0.128 e. The van der Waals surface area contributed by atoms with Crippen LogP contribution in [0.2, 0.25) is 0 Å². The van der Waals surface area contributed by atoms with Gasteiger partial charge in [0.05, 0.1) is 17.1 Å². The average Bonchev–Trinajstić information content (AvgIpc) is 3.25. The van der Waals surface area contributed by atoms with Crippen LogP contribution >= 0.6 is 0 Å². The first-order chi connectivity index (χ1) is 9.26. The molecule has 0 spiro atoms. The number of aromatic nitrogens is 1. The molecule has 2 aromatic rings. The number of fused-ring (bicyclic) bond motifs is 1. The molecular formula is C16H17N3. The summed E-state index contributed by atoms with van der Waals surface area (Å²) >= 11 is 0. The van der Waals surface area contributed by atoms with Crippen molar-refractivity contribution in [2.24, 2.45) is 5.41 Å². The van der Waals surface area contributed by atoms with Crippen molar-refractivity contribution in [1.29, 1.82) is 5.26 Å². The first-order valence-electron chi connectivity index (χ1n) is 6.80. The molecule has 0 aliphatic heterocycles. The van der Waals surface area contributed by atoms with E-state index < -0.39 is 0 Å². The molecule has 0 radical (unpaired) electrons. The van der Waals surface area contributed by atoms with Gasteiger partial charge in [0.1, 0.15) is 5.82 Å². The van der Waals surface area contributed by atoms with Crippen LogP contribution < -0.4 is 5.32 Å². The van der Waals surface area contributed by atoms with Crippen molar-refractivity contribution in [3.8, 4) is 6.07 Å². The van der Waals surface area contributed by atoms with E-state index in [1.54, 1.807) is 0 Å². The van der Waals surface area contributed by atoms with Gasteiger partial charge in [-0.25, -0.2) is 4.98 Å². The molecule has 19 heavy (non-hydrogen) atoms. The van der Waals surface area contributed by atoms with Crippen LogP contribution in [-0.2, 0) is 0 Å². The Balaban J connectivity index is 1.90. The van der Waals surface area contributed by atoms with Crippen LogP contribution in [0.3, 0.4) is 0 Å². The highest BCUT2D eigenvalue weighted by atomic mass is 15.0. The van der Waals surface area contributed by atoms with E-state index in [9.17, 15) is 5.26 Å². The Hall–Kier alpha value is -2.08. The minimum absolute atomic E-state index is 0.472. The topological polar surface area (TPSA) is 48.7 Å². The number of rotatable bonds is 4. The van der Waals surface area contributed by atoms with Gasteiger partial charge >= 0.3 is 0 Å². The normalized spacial score (nSPS) is 16.0. The van der Waals surface area contributed by atoms with Gasteiger partial charge in [-0.05, 0) is 36.8 Å². The summed E-state index contributed by atoms with van der Waals surface area (Å²) in [6, 6.07) is 11.9. The third-order valence-electron chi connectivity index (χ3n) is 4.19. The summed E-state index contributed by atoms with van der Waals surface area (Å²) in [6.45, 7) is 3.20. The zero-order valence-corrected chi connectivity index (χ0v) is 11.1. The fraction of sp³-hybridized carbons (Fsp3) is 0.375. The SMILES string of the molecule is CCC1(CNc2cc(C#N)c3ccccc3n2)CC1. The molecule has 0 saturated heterocycles. The Labute approximate surface area is 113 Å². The lowest BCUT2D eigenvalue weighted by Crippen LogP contribution is -2.15. The highest BCUT2D eigenvalue weighted by Gasteiger charge is 2.40. The first kappa shape index (κ1) is 12.0. The Kier molecular flexibility index (Phi) is 2.87. The van der Waals surface area contributed by atoms with Crippen molar-refractivity contribution >= 4 is 16.7 Å². The second-order valence-corrected chi connectivity index (χ2v) is 5.39. The van der Waals surface area contributed by atoms with Crippen molar-refractivity contribution in [3.05, 3.63) is 35.9 Å². The molecule has 1 fully saturated rings. The highest BCUT2D eigenvalue weighted by molar-refractivity contribution is 5.86. The van der Waals surface area contributed by atoms with Gasteiger partial charge in [-0.3, -0.25) is 0 Å². The predicted octanol–water partition coefficient (Wildman–Crippen LogP) is 3.71. The number of nitrogens with zero attached hydrogens (tertiary/aromatic N) is 2. The minimum Gasteiger partial charge on any atom is -0.369 e. The lowest BCUT2D eigenvalue weighted by molar-refractivity contribution is 0.521. The summed E-state index contributed by atoms with van der Waals surface area (Å²) in [5.41, 5.74) is 2.04. The summed E-state index contributed by atoms with van der Waals surface area (Å²) in [6.07, 6.45) is 3.81. The third kappa shape index (κ3) is 2.26. The van der Waals surface area contributed by atoms with E-state index in [2.05, 4.69) is 23.3 Å². The molecule has 1 N–H and O–H groups in total. The lowest BCUT2D eigenvalue weighted by Gasteiger charge is -2.14. The monoisotopic (exact) mass is 251 g/mol. The molecule has 1 aromatic heterocycles. The van der Waals surface area contributed by atoms with Gasteiger partial charge in [0, 0.05) is 11.9 Å². The van der Waals surface area contributed by atoms with E-state index in [0.717, 1.165) is 23.3 Å². The molecular weight excluding hydrogens is 234 g/mol. The quantitative estimate of drug-likeness (QED) is 0.901. The molecule has 1 aromatic carbocycles. The van der Waals surface area contributed by atoms with Crippen LogP contribution in [0.15, 0.2) is 30.3 Å². The molecule has 1 aliphatic rings. The average molecular weight is 251 g/mol. The summed E-state index contributed by atoms with van der Waals surface area (Å²) in [4.78, 5) is 4.59. The highest BCUT2D eigenvalue weighted by Crippen LogP contribution is 2.48. The zero-order chi connectivity index (χ0) is 13.3. The van der Waals surface area contributed by atoms with Gasteiger partial charge in [0.25, 0.3) is 0 Å². The number of hydrogen-bond acceptors (Lipinski definition) is 3. The van der Waals surface area contributed by atoms with Gasteiger partial charge in [-0.15, -0.1) is 0 Å². The second-order valence-electron chi connectivity index (χ2n) is 5.39. The fourth-order valence-corrected chi connectivity index (χ4v) is 2.47. The van der Waals surface area contributed by atoms with E-state index in [1.807, 2.05) is 30.3 Å². The lowest BCUT2D eigenvalue weighted by atomic mass is 10.0. The van der Waals surface area contributed by atoms with Crippen LogP contribution in [0, 0.1) is 16.7 Å². The summed E-state index contributed by atoms with van der Waals surface area (Å²) < 4.78 is 0. The van der Waals surface area contributed by atoms with Gasteiger partial charge in [0.2, 0.25) is 0 Å². The summed E-state index contributed by atoms with van der Waals surface area (Å²) in [5, 5.41) is 13.6. The largest absolute Gasteiger partial charge is 0.369 e. The third-order valence-corrected chi connectivity index (χ3v) is 4.19. The summed E-state index contributed by atoms with van der Waals surface area (Å²) in [5.74, 6) is 0.815. The van der Waals surface area contributed by atoms with Crippen molar-refractivity contribution in [2.45, 2.75) is 26.2 Å². The number of para-hydroxylation sites is 1. The van der Waals surface area contributed by atoms with E-state index in [4.69, 9.17) is 0 Å². The van der Waals surface area contributed by atoms with Crippen LogP contribution in [0.4, 0.5) is 5.82 Å². The van der Waals surface area contributed by atoms with Crippen molar-refractivity contribution in [1.82, 2.24) is 4.98 Å². The van der Waals surface area contributed by atoms with E-state index in [1.165, 1.54) is 19.3 Å². The van der Waals surface area contributed by atoms with E-state index in [0.29, 0.717) is 11.0 Å². The van der Waals surface area contributed by atoms with Crippen molar-refractivity contribution < 1.29 is 0 Å². The molecule has 0 atom stereocenters. The first-order valence-corrected chi connectivity index (χ1v) is 6.80. The molecule has 1 saturated carbocycles. The van der Waals surface area contributed by atoms with E-state index >= 15 is 0 Å². The molecule has 3 heteroatoms. The maximum Gasteiger partial charge on any atom is 0.128 e. The number of hydrogen-bond donors (Lipinski definition) is 1. The number of nitriles is 1. The van der Waals surface area contributed by atoms with Crippen LogP contribution in [0.1, 0.15) is 31.7 Å². The zero-order valence-electron chi connectivity index (χ0n) is 11.1. The number of nitrogens with one attached hydrogen (secondary N) is 1. The molecule has 1 heterocycles. The Morgan fingerprint density at radius 3 is 2.84 bits per heavy atom. The van der Waals surface area contributed by atoms with Crippen molar-refractivity contribution in [3.63, 3.8) is 0 Å². The predicted molar refractivity (Wildman–Crippen MR) is 76.9 cm³/mol. The summed E-state index contributed by atoms with van der Waals surface area (Å²) in [7, 11) is 0. The molecule has 0 unspecified atom stereocenters. The molecule has 3 nitrogen and oxygen atoms in total. The Morgan fingerprint density at radius 1 is 1.37 bits per heavy atom. The van der Waals surface area contributed by atoms with Crippen molar-refractivity contribution in [2.75, 3.05) is 11.9 Å². The molecule has 96 valence electrons. The minimum atomic E-state index is 0.472.